The van der Waals surface area contributed by atoms with Crippen LogP contribution < -0.4 is 0 Å². The molecular formula is C4H6ClN3S. The van der Waals surface area contributed by atoms with E-state index >= 15 is 0 Å². The average molecular weight is 164 g/mol. The van der Waals surface area contributed by atoms with Gasteiger partial charge in [0.2, 0.25) is 0 Å². The molecule has 0 unspecified atom stereocenters. The number of hydrogen-bond donors (Lipinski definition) is 0. The molecule has 0 saturated heterocycles. The van der Waals surface area contributed by atoms with Crippen LogP contribution in [-0.4, -0.2) is 20.0 Å². The van der Waals surface area contributed by atoms with Gasteiger partial charge in [-0.15, -0.1) is 21.8 Å². The average Bonchev–Trinajstić information content (AvgIpc) is 2.18. The second-order valence-corrected chi connectivity index (χ2v) is 3.00. The van der Waals surface area contributed by atoms with Crippen LogP contribution in [0.25, 0.3) is 0 Å². The fourth-order valence-electron chi connectivity index (χ4n) is 0.452. The molecule has 0 atom stereocenters. The zero-order valence-corrected chi connectivity index (χ0v) is 6.48. The van der Waals surface area contributed by atoms with Crippen LogP contribution in [0.1, 0.15) is 0 Å². The van der Waals surface area contributed by atoms with Gasteiger partial charge in [-0.2, -0.15) is 0 Å². The Balaban J connectivity index is 2.69. The first kappa shape index (κ1) is 6.89. The fraction of sp³-hybridized carbons (Fsp3) is 0.500. The van der Waals surface area contributed by atoms with Gasteiger partial charge in [0.1, 0.15) is 6.33 Å². The Labute approximate surface area is 62.4 Å². The van der Waals surface area contributed by atoms with E-state index in [1.54, 1.807) is 6.33 Å². The zero-order chi connectivity index (χ0) is 6.69. The van der Waals surface area contributed by atoms with E-state index in [9.17, 15) is 0 Å². The molecule has 0 amide bonds. The van der Waals surface area contributed by atoms with Gasteiger partial charge in [-0.3, -0.25) is 0 Å². The summed E-state index contributed by atoms with van der Waals surface area (Å²) >= 11 is 6.91. The maximum atomic E-state index is 5.45. The predicted octanol–water partition coefficient (Wildman–Crippen LogP) is 1.10. The summed E-state index contributed by atoms with van der Waals surface area (Å²) in [5.74, 6) is 0. The van der Waals surface area contributed by atoms with E-state index in [1.807, 2.05) is 11.6 Å². The van der Waals surface area contributed by atoms with E-state index in [1.165, 1.54) is 11.8 Å². The summed E-state index contributed by atoms with van der Waals surface area (Å²) in [6.07, 6.45) is 1.65. The van der Waals surface area contributed by atoms with Gasteiger partial charge in [-0.05, 0) is 0 Å². The minimum Gasteiger partial charge on any atom is -0.312 e. The first-order valence-electron chi connectivity index (χ1n) is 2.37. The van der Waals surface area contributed by atoms with Crippen molar-refractivity contribution in [3.8, 4) is 0 Å². The highest BCUT2D eigenvalue weighted by atomic mass is 35.5. The number of rotatable bonds is 2. The number of halogens is 1. The van der Waals surface area contributed by atoms with Crippen molar-refractivity contribution in [2.24, 2.45) is 7.05 Å². The van der Waals surface area contributed by atoms with Gasteiger partial charge >= 0.3 is 0 Å². The molecule has 0 aliphatic rings. The Bertz CT molecular complexity index is 188. The third kappa shape index (κ3) is 1.59. The largest absolute Gasteiger partial charge is 0.312 e. The monoisotopic (exact) mass is 163 g/mol. The molecule has 1 rings (SSSR count). The Kier molecular flexibility index (Phi) is 2.36. The van der Waals surface area contributed by atoms with Crippen molar-refractivity contribution in [2.45, 2.75) is 5.16 Å². The highest BCUT2D eigenvalue weighted by Crippen LogP contribution is 2.13. The third-order valence-corrected chi connectivity index (χ3v) is 1.92. The molecule has 0 radical (unpaired) electrons. The lowest BCUT2D eigenvalue weighted by Crippen LogP contribution is -1.87. The highest BCUT2D eigenvalue weighted by Gasteiger charge is 1.97. The van der Waals surface area contributed by atoms with Crippen molar-refractivity contribution in [1.82, 2.24) is 14.8 Å². The topological polar surface area (TPSA) is 30.7 Å². The summed E-state index contributed by atoms with van der Waals surface area (Å²) in [6.45, 7) is 0. The molecule has 0 bridgehead atoms. The van der Waals surface area contributed by atoms with Gasteiger partial charge in [0.05, 0.1) is 5.21 Å². The number of aromatic nitrogens is 3. The van der Waals surface area contributed by atoms with Crippen molar-refractivity contribution in [2.75, 3.05) is 5.21 Å². The minimum absolute atomic E-state index is 0.520. The lowest BCUT2D eigenvalue weighted by Gasteiger charge is -1.92. The van der Waals surface area contributed by atoms with Crippen LogP contribution in [0, 0.1) is 0 Å². The second kappa shape index (κ2) is 3.08. The molecule has 0 aliphatic carbocycles. The minimum atomic E-state index is 0.520. The van der Waals surface area contributed by atoms with Crippen LogP contribution in [0.3, 0.4) is 0 Å². The number of nitrogens with zero attached hydrogens (tertiary/aromatic N) is 3. The van der Waals surface area contributed by atoms with Crippen LogP contribution in [0.5, 0.6) is 0 Å². The van der Waals surface area contributed by atoms with Gasteiger partial charge in [0.25, 0.3) is 0 Å². The first-order chi connectivity index (χ1) is 4.34. The lowest BCUT2D eigenvalue weighted by molar-refractivity contribution is 0.790. The molecule has 0 aliphatic heterocycles. The van der Waals surface area contributed by atoms with E-state index in [0.717, 1.165) is 5.16 Å². The van der Waals surface area contributed by atoms with Crippen LogP contribution in [-0.2, 0) is 7.05 Å². The van der Waals surface area contributed by atoms with E-state index in [2.05, 4.69) is 10.2 Å². The summed E-state index contributed by atoms with van der Waals surface area (Å²) in [7, 11) is 1.88. The fourth-order valence-corrected chi connectivity index (χ4v) is 1.20. The van der Waals surface area contributed by atoms with Crippen LogP contribution in [0.4, 0.5) is 0 Å². The van der Waals surface area contributed by atoms with Crippen LogP contribution in [0.15, 0.2) is 11.5 Å². The van der Waals surface area contributed by atoms with Crippen LogP contribution in [0.2, 0.25) is 0 Å². The van der Waals surface area contributed by atoms with Crippen LogP contribution >= 0.6 is 23.4 Å². The molecule has 0 N–H and O–H groups in total. The molecule has 0 fully saturated rings. The van der Waals surface area contributed by atoms with Gasteiger partial charge < -0.3 is 4.57 Å². The standard InChI is InChI=1S/C4H6ClN3S/c1-8-3-6-7-4(8)9-2-5/h3H,2H2,1H3. The van der Waals surface area contributed by atoms with E-state index in [-0.39, 0.29) is 0 Å². The van der Waals surface area contributed by atoms with E-state index in [4.69, 9.17) is 11.6 Å². The van der Waals surface area contributed by atoms with Gasteiger partial charge in [0.15, 0.2) is 5.16 Å². The number of thioether (sulfide) groups is 1. The van der Waals surface area contributed by atoms with E-state index < -0.39 is 0 Å². The second-order valence-electron chi connectivity index (χ2n) is 1.48. The molecule has 0 saturated carbocycles. The molecule has 1 aromatic rings. The molecular weight excluding hydrogens is 158 g/mol. The Morgan fingerprint density at radius 2 is 2.67 bits per heavy atom. The van der Waals surface area contributed by atoms with Crippen molar-refractivity contribution in [3.63, 3.8) is 0 Å². The summed E-state index contributed by atoms with van der Waals surface area (Å²) in [6, 6.07) is 0. The molecule has 3 nitrogen and oxygen atoms in total. The summed E-state index contributed by atoms with van der Waals surface area (Å²) in [4.78, 5) is 0. The van der Waals surface area contributed by atoms with Gasteiger partial charge in [0, 0.05) is 7.05 Å². The summed E-state index contributed by atoms with van der Waals surface area (Å²) < 4.78 is 1.83. The van der Waals surface area contributed by atoms with Crippen molar-refractivity contribution < 1.29 is 0 Å². The predicted molar refractivity (Wildman–Crippen MR) is 37.6 cm³/mol. The lowest BCUT2D eigenvalue weighted by atomic mass is 11.1. The maximum absolute atomic E-state index is 5.45. The normalized spacial score (nSPS) is 10.0. The molecule has 1 aromatic heterocycles. The Morgan fingerprint density at radius 1 is 1.89 bits per heavy atom. The quantitative estimate of drug-likeness (QED) is 0.483. The van der Waals surface area contributed by atoms with Crippen molar-refractivity contribution in [3.05, 3.63) is 6.33 Å². The SMILES string of the molecule is Cn1cnnc1SCCl. The van der Waals surface area contributed by atoms with Gasteiger partial charge in [-0.1, -0.05) is 11.8 Å². The molecule has 0 aromatic carbocycles. The summed E-state index contributed by atoms with van der Waals surface area (Å²) in [5.41, 5.74) is 0. The van der Waals surface area contributed by atoms with Crippen molar-refractivity contribution in [1.29, 1.82) is 0 Å². The Morgan fingerprint density at radius 3 is 3.11 bits per heavy atom. The summed E-state index contributed by atoms with van der Waals surface area (Å²) in [5, 5.41) is 8.84. The first-order valence-corrected chi connectivity index (χ1v) is 3.89. The number of alkyl halides is 1. The maximum Gasteiger partial charge on any atom is 0.191 e. The van der Waals surface area contributed by atoms with Crippen molar-refractivity contribution >= 4 is 23.4 Å². The number of hydrogen-bond acceptors (Lipinski definition) is 3. The van der Waals surface area contributed by atoms with E-state index in [0.29, 0.717) is 5.21 Å². The number of aryl methyl sites for hydroxylation is 1. The molecule has 5 heteroatoms. The molecule has 1 heterocycles. The molecule has 9 heavy (non-hydrogen) atoms. The Hall–Kier alpha value is -0.220. The highest BCUT2D eigenvalue weighted by molar-refractivity contribution is 8.00. The zero-order valence-electron chi connectivity index (χ0n) is 4.91. The van der Waals surface area contributed by atoms with Gasteiger partial charge in [-0.25, -0.2) is 0 Å². The third-order valence-electron chi connectivity index (χ3n) is 0.854. The molecule has 0 spiro atoms. The molecule has 50 valence electrons. The smallest absolute Gasteiger partial charge is 0.191 e.